The van der Waals surface area contributed by atoms with Crippen LogP contribution in [0.2, 0.25) is 0 Å². The third-order valence-electron chi connectivity index (χ3n) is 2.64. The molecule has 1 unspecified atom stereocenters. The van der Waals surface area contributed by atoms with E-state index in [9.17, 15) is 4.79 Å². The molecule has 0 radical (unpaired) electrons. The molecule has 1 atom stereocenters. The van der Waals surface area contributed by atoms with Crippen molar-refractivity contribution in [2.75, 3.05) is 25.6 Å². The minimum atomic E-state index is -0.982. The zero-order valence-corrected chi connectivity index (χ0v) is 12.0. The molecular formula is C12H17BrN2O3. The van der Waals surface area contributed by atoms with Crippen molar-refractivity contribution in [3.63, 3.8) is 0 Å². The summed E-state index contributed by atoms with van der Waals surface area (Å²) >= 11 is 3.40. The first kappa shape index (κ1) is 14.8. The summed E-state index contributed by atoms with van der Waals surface area (Å²) in [5.41, 5.74) is 6.37. The zero-order chi connectivity index (χ0) is 13.7. The second kappa shape index (κ2) is 6.61. The summed E-state index contributed by atoms with van der Waals surface area (Å²) < 4.78 is 6.20. The number of carbonyl (C=O) groups is 1. The lowest BCUT2D eigenvalue weighted by Crippen LogP contribution is -2.34. The highest BCUT2D eigenvalue weighted by Gasteiger charge is 2.14. The maximum absolute atomic E-state index is 10.6. The van der Waals surface area contributed by atoms with Gasteiger partial charge < -0.3 is 20.5 Å². The first-order valence-corrected chi connectivity index (χ1v) is 6.28. The van der Waals surface area contributed by atoms with Crippen LogP contribution in [0.15, 0.2) is 22.7 Å². The van der Waals surface area contributed by atoms with E-state index in [0.29, 0.717) is 13.0 Å². The van der Waals surface area contributed by atoms with E-state index in [1.807, 2.05) is 30.1 Å². The maximum Gasteiger partial charge on any atom is 0.320 e. The summed E-state index contributed by atoms with van der Waals surface area (Å²) in [6.07, 6.45) is 0.376. The second-order valence-electron chi connectivity index (χ2n) is 3.97. The molecule has 0 bridgehead atoms. The van der Waals surface area contributed by atoms with Gasteiger partial charge in [-0.3, -0.25) is 4.79 Å². The number of hydrogen-bond donors (Lipinski definition) is 2. The van der Waals surface area contributed by atoms with Crippen molar-refractivity contribution >= 4 is 27.6 Å². The molecule has 0 amide bonds. The first-order valence-electron chi connectivity index (χ1n) is 5.48. The van der Waals surface area contributed by atoms with Gasteiger partial charge in [0, 0.05) is 18.1 Å². The van der Waals surface area contributed by atoms with Gasteiger partial charge in [-0.05, 0) is 24.6 Å². The molecule has 0 aliphatic rings. The summed E-state index contributed by atoms with van der Waals surface area (Å²) in [7, 11) is 3.47. The fraction of sp³-hybridized carbons (Fsp3) is 0.417. The summed E-state index contributed by atoms with van der Waals surface area (Å²) in [6.45, 7) is 0.542. The van der Waals surface area contributed by atoms with E-state index in [1.165, 1.54) is 0 Å². The predicted molar refractivity (Wildman–Crippen MR) is 74.2 cm³/mol. The monoisotopic (exact) mass is 316 g/mol. The number of ether oxygens (including phenoxy) is 1. The van der Waals surface area contributed by atoms with Crippen LogP contribution >= 0.6 is 15.9 Å². The van der Waals surface area contributed by atoms with Crippen LogP contribution in [-0.2, 0) is 4.79 Å². The Bertz CT molecular complexity index is 426. The predicted octanol–water partition coefficient (Wildman–Crippen LogP) is 1.70. The summed E-state index contributed by atoms with van der Waals surface area (Å²) in [5.74, 6) is -0.241. The van der Waals surface area contributed by atoms with E-state index in [-0.39, 0.29) is 0 Å². The summed E-state index contributed by atoms with van der Waals surface area (Å²) in [6, 6.07) is 4.82. The second-order valence-corrected chi connectivity index (χ2v) is 4.89. The Morgan fingerprint density at radius 3 is 2.83 bits per heavy atom. The molecule has 0 spiro atoms. The van der Waals surface area contributed by atoms with Crippen LogP contribution in [0.1, 0.15) is 6.42 Å². The molecule has 1 aromatic carbocycles. The van der Waals surface area contributed by atoms with Crippen molar-refractivity contribution in [2.24, 2.45) is 5.73 Å². The number of anilines is 1. The number of methoxy groups -OCH3 is 1. The van der Waals surface area contributed by atoms with Crippen molar-refractivity contribution in [3.8, 4) is 5.75 Å². The van der Waals surface area contributed by atoms with Gasteiger partial charge in [0.2, 0.25) is 0 Å². The number of halogens is 1. The third-order valence-corrected chi connectivity index (χ3v) is 3.14. The number of nitrogens with zero attached hydrogens (tertiary/aromatic N) is 1. The molecule has 1 rings (SSSR count). The quantitative estimate of drug-likeness (QED) is 0.835. The standard InChI is InChI=1S/C12H17BrN2O3/c1-15(6-5-9(14)12(16)17)10-7-8(13)3-4-11(10)18-2/h3-4,7,9H,5-6,14H2,1-2H3,(H,16,17). The number of hydrogen-bond acceptors (Lipinski definition) is 4. The summed E-state index contributed by atoms with van der Waals surface area (Å²) in [5, 5.41) is 8.73. The molecule has 1 aromatic rings. The fourth-order valence-electron chi connectivity index (χ4n) is 1.54. The number of rotatable bonds is 6. The van der Waals surface area contributed by atoms with Crippen molar-refractivity contribution in [1.82, 2.24) is 0 Å². The van der Waals surface area contributed by atoms with Crippen molar-refractivity contribution in [2.45, 2.75) is 12.5 Å². The Kier molecular flexibility index (Phi) is 5.43. The Morgan fingerprint density at radius 2 is 2.28 bits per heavy atom. The molecule has 0 aromatic heterocycles. The van der Waals surface area contributed by atoms with Gasteiger partial charge in [-0.25, -0.2) is 0 Å². The van der Waals surface area contributed by atoms with Crippen LogP contribution in [0.4, 0.5) is 5.69 Å². The topological polar surface area (TPSA) is 75.8 Å². The Labute approximate surface area is 115 Å². The number of aliphatic carboxylic acids is 1. The Hall–Kier alpha value is -1.27. The van der Waals surface area contributed by atoms with E-state index >= 15 is 0 Å². The van der Waals surface area contributed by atoms with E-state index < -0.39 is 12.0 Å². The number of carboxylic acid groups (broad SMARTS) is 1. The van der Waals surface area contributed by atoms with Gasteiger partial charge in [0.15, 0.2) is 0 Å². The molecule has 18 heavy (non-hydrogen) atoms. The van der Waals surface area contributed by atoms with E-state index in [4.69, 9.17) is 15.6 Å². The molecule has 0 heterocycles. The molecule has 100 valence electrons. The lowest BCUT2D eigenvalue weighted by Gasteiger charge is -2.22. The maximum atomic E-state index is 10.6. The van der Waals surface area contributed by atoms with Crippen molar-refractivity contribution in [3.05, 3.63) is 22.7 Å². The van der Waals surface area contributed by atoms with Crippen LogP contribution in [0.25, 0.3) is 0 Å². The van der Waals surface area contributed by atoms with Crippen LogP contribution in [0.5, 0.6) is 5.75 Å². The average Bonchev–Trinajstić information content (AvgIpc) is 2.35. The van der Waals surface area contributed by atoms with Gasteiger partial charge in [-0.1, -0.05) is 15.9 Å². The number of benzene rings is 1. The van der Waals surface area contributed by atoms with Crippen LogP contribution < -0.4 is 15.4 Å². The van der Waals surface area contributed by atoms with Crippen molar-refractivity contribution in [1.29, 1.82) is 0 Å². The average molecular weight is 317 g/mol. The molecule has 0 saturated heterocycles. The van der Waals surface area contributed by atoms with Crippen LogP contribution in [0, 0.1) is 0 Å². The zero-order valence-electron chi connectivity index (χ0n) is 10.4. The molecule has 0 fully saturated rings. The molecule has 0 aliphatic heterocycles. The molecule has 0 saturated carbocycles. The SMILES string of the molecule is COc1ccc(Br)cc1N(C)CCC(N)C(=O)O. The van der Waals surface area contributed by atoms with Gasteiger partial charge in [0.25, 0.3) is 0 Å². The van der Waals surface area contributed by atoms with Gasteiger partial charge in [-0.2, -0.15) is 0 Å². The van der Waals surface area contributed by atoms with Crippen LogP contribution in [0.3, 0.4) is 0 Å². The molecule has 3 N–H and O–H groups in total. The van der Waals surface area contributed by atoms with E-state index in [0.717, 1.165) is 15.9 Å². The highest BCUT2D eigenvalue weighted by Crippen LogP contribution is 2.30. The van der Waals surface area contributed by atoms with Gasteiger partial charge in [0.1, 0.15) is 11.8 Å². The molecule has 0 aliphatic carbocycles. The highest BCUT2D eigenvalue weighted by atomic mass is 79.9. The Balaban J connectivity index is 2.74. The fourth-order valence-corrected chi connectivity index (χ4v) is 1.89. The third kappa shape index (κ3) is 3.89. The smallest absolute Gasteiger partial charge is 0.320 e. The number of nitrogens with two attached hydrogens (primary N) is 1. The van der Waals surface area contributed by atoms with Gasteiger partial charge in [0.05, 0.1) is 12.8 Å². The first-order chi connectivity index (χ1) is 8.45. The lowest BCUT2D eigenvalue weighted by atomic mass is 10.2. The molecular weight excluding hydrogens is 300 g/mol. The highest BCUT2D eigenvalue weighted by molar-refractivity contribution is 9.10. The lowest BCUT2D eigenvalue weighted by molar-refractivity contribution is -0.138. The molecule has 5 nitrogen and oxygen atoms in total. The minimum absolute atomic E-state index is 0.376. The summed E-state index contributed by atoms with van der Waals surface area (Å²) in [4.78, 5) is 12.6. The normalized spacial score (nSPS) is 12.0. The van der Waals surface area contributed by atoms with E-state index in [1.54, 1.807) is 7.11 Å². The van der Waals surface area contributed by atoms with Crippen LogP contribution in [-0.4, -0.2) is 37.8 Å². The minimum Gasteiger partial charge on any atom is -0.495 e. The van der Waals surface area contributed by atoms with Crippen molar-refractivity contribution < 1.29 is 14.6 Å². The molecule has 6 heteroatoms. The largest absolute Gasteiger partial charge is 0.495 e. The van der Waals surface area contributed by atoms with E-state index in [2.05, 4.69) is 15.9 Å². The van der Waals surface area contributed by atoms with Gasteiger partial charge in [-0.15, -0.1) is 0 Å². The Morgan fingerprint density at radius 1 is 1.61 bits per heavy atom. The van der Waals surface area contributed by atoms with Gasteiger partial charge >= 0.3 is 5.97 Å². The number of carboxylic acids is 1.